The second kappa shape index (κ2) is 7.20. The van der Waals surface area contributed by atoms with Crippen molar-refractivity contribution in [1.82, 2.24) is 20.0 Å². The standard InChI is InChI=1S/C14H18N4O2P2S2/c1-17-15-21(23,19-13-9-5-3-6-10-13)16-18(2)22(17,24)20-14-11-7-4-8-12-14/h3-12H,1-2H3,(H2,15,16,23). The van der Waals surface area contributed by atoms with Crippen LogP contribution in [0.2, 0.25) is 0 Å². The maximum atomic E-state index is 6.08. The van der Waals surface area contributed by atoms with E-state index in [-0.39, 0.29) is 0 Å². The second-order valence-electron chi connectivity index (χ2n) is 5.10. The van der Waals surface area contributed by atoms with E-state index in [4.69, 9.17) is 32.7 Å². The zero-order valence-electron chi connectivity index (χ0n) is 13.2. The van der Waals surface area contributed by atoms with Crippen molar-refractivity contribution >= 4 is 36.7 Å². The summed E-state index contributed by atoms with van der Waals surface area (Å²) in [5, 5.41) is 6.37. The van der Waals surface area contributed by atoms with Crippen LogP contribution in [-0.4, -0.2) is 23.7 Å². The van der Waals surface area contributed by atoms with Crippen LogP contribution in [0, 0.1) is 0 Å². The minimum atomic E-state index is -2.57. The van der Waals surface area contributed by atoms with E-state index < -0.39 is 13.1 Å². The van der Waals surface area contributed by atoms with Crippen LogP contribution >= 0.6 is 13.1 Å². The monoisotopic (exact) mass is 400 g/mol. The molecule has 0 unspecified atom stereocenters. The van der Waals surface area contributed by atoms with Crippen molar-refractivity contribution in [3.8, 4) is 11.5 Å². The van der Waals surface area contributed by atoms with Gasteiger partial charge in [-0.15, -0.1) is 0 Å². The van der Waals surface area contributed by atoms with Gasteiger partial charge in [0.25, 0.3) is 13.1 Å². The average molecular weight is 400 g/mol. The number of benzene rings is 2. The first-order valence-corrected chi connectivity index (χ1v) is 12.5. The van der Waals surface area contributed by atoms with Crippen molar-refractivity contribution < 1.29 is 9.05 Å². The molecule has 0 radical (unpaired) electrons. The molecule has 1 saturated heterocycles. The van der Waals surface area contributed by atoms with Gasteiger partial charge in [0.15, 0.2) is 0 Å². The summed E-state index contributed by atoms with van der Waals surface area (Å²) in [7, 11) is 3.66. The van der Waals surface area contributed by atoms with E-state index in [0.29, 0.717) is 11.5 Å². The van der Waals surface area contributed by atoms with Crippen molar-refractivity contribution in [2.75, 3.05) is 14.1 Å². The Morgan fingerprint density at radius 2 is 1.17 bits per heavy atom. The van der Waals surface area contributed by atoms with Crippen molar-refractivity contribution in [1.29, 1.82) is 0 Å². The lowest BCUT2D eigenvalue weighted by atomic mass is 10.3. The van der Waals surface area contributed by atoms with E-state index in [1.165, 1.54) is 0 Å². The van der Waals surface area contributed by atoms with Crippen LogP contribution in [0.3, 0.4) is 0 Å². The van der Waals surface area contributed by atoms with Gasteiger partial charge in [-0.25, -0.2) is 0 Å². The first-order valence-electron chi connectivity index (χ1n) is 7.15. The van der Waals surface area contributed by atoms with Gasteiger partial charge in [0, 0.05) is 14.1 Å². The van der Waals surface area contributed by atoms with Gasteiger partial charge >= 0.3 is 0 Å². The van der Waals surface area contributed by atoms with Crippen molar-refractivity contribution in [3.05, 3.63) is 60.7 Å². The molecule has 6 nitrogen and oxygen atoms in total. The fourth-order valence-corrected chi connectivity index (χ4v) is 8.41. The minimum absolute atomic E-state index is 0.696. The summed E-state index contributed by atoms with van der Waals surface area (Å²) in [4.78, 5) is 0. The largest absolute Gasteiger partial charge is 0.440 e. The third-order valence-electron chi connectivity index (χ3n) is 3.26. The molecule has 0 aliphatic carbocycles. The second-order valence-corrected chi connectivity index (χ2v) is 12.1. The minimum Gasteiger partial charge on any atom is -0.440 e. The Morgan fingerprint density at radius 3 is 1.62 bits per heavy atom. The van der Waals surface area contributed by atoms with Crippen molar-refractivity contribution in [2.45, 2.75) is 0 Å². The highest BCUT2D eigenvalue weighted by molar-refractivity contribution is 8.13. The summed E-state index contributed by atoms with van der Waals surface area (Å²) in [5.41, 5.74) is 0. The van der Waals surface area contributed by atoms with Gasteiger partial charge in [-0.1, -0.05) is 36.4 Å². The normalized spacial score (nSPS) is 28.4. The number of rotatable bonds is 4. The molecule has 2 aromatic rings. The summed E-state index contributed by atoms with van der Waals surface area (Å²) >= 11 is 11.4. The molecule has 0 aromatic heterocycles. The lowest BCUT2D eigenvalue weighted by Gasteiger charge is -2.46. The number of nitrogens with one attached hydrogen (secondary N) is 2. The molecule has 1 aliphatic rings. The van der Waals surface area contributed by atoms with Crippen LogP contribution in [0.5, 0.6) is 11.5 Å². The Kier molecular flexibility index (Phi) is 5.39. The molecule has 0 amide bonds. The molecule has 2 N–H and O–H groups in total. The maximum Gasteiger partial charge on any atom is 0.280 e. The summed E-state index contributed by atoms with van der Waals surface area (Å²) < 4.78 is 15.6. The van der Waals surface area contributed by atoms with Crippen molar-refractivity contribution in [2.24, 2.45) is 0 Å². The molecule has 1 aliphatic heterocycles. The lowest BCUT2D eigenvalue weighted by molar-refractivity contribution is 0.311. The van der Waals surface area contributed by atoms with E-state index in [1.54, 1.807) is 9.56 Å². The van der Waals surface area contributed by atoms with Gasteiger partial charge in [0.2, 0.25) is 0 Å². The van der Waals surface area contributed by atoms with Crippen LogP contribution in [0.25, 0.3) is 0 Å². The Hall–Kier alpha value is -0.820. The van der Waals surface area contributed by atoms with E-state index in [1.807, 2.05) is 74.8 Å². The lowest BCUT2D eigenvalue weighted by Crippen LogP contribution is -2.51. The molecular weight excluding hydrogens is 382 g/mol. The summed E-state index contributed by atoms with van der Waals surface area (Å²) in [5.74, 6) is 1.41. The van der Waals surface area contributed by atoms with Crippen LogP contribution in [0.4, 0.5) is 0 Å². The maximum absolute atomic E-state index is 6.08. The molecule has 0 atom stereocenters. The molecule has 3 rings (SSSR count). The van der Waals surface area contributed by atoms with Gasteiger partial charge in [-0.2, -0.15) is 20.0 Å². The average Bonchev–Trinajstić information content (AvgIpc) is 2.55. The van der Waals surface area contributed by atoms with Gasteiger partial charge in [-0.05, 0) is 47.9 Å². The highest BCUT2D eigenvalue weighted by Crippen LogP contribution is 2.59. The summed E-state index contributed by atoms with van der Waals surface area (Å²) in [6.45, 7) is -5.11. The quantitative estimate of drug-likeness (QED) is 0.757. The molecule has 1 heterocycles. The van der Waals surface area contributed by atoms with E-state index in [9.17, 15) is 0 Å². The Morgan fingerprint density at radius 1 is 0.750 bits per heavy atom. The van der Waals surface area contributed by atoms with E-state index >= 15 is 0 Å². The topological polar surface area (TPSA) is 49.0 Å². The van der Waals surface area contributed by atoms with E-state index in [0.717, 1.165) is 0 Å². The van der Waals surface area contributed by atoms with Gasteiger partial charge < -0.3 is 9.05 Å². The zero-order chi connectivity index (χ0) is 17.2. The fourth-order valence-electron chi connectivity index (χ4n) is 2.13. The fraction of sp³-hybridized carbons (Fsp3) is 0.143. The molecule has 0 spiro atoms. The summed E-state index contributed by atoms with van der Waals surface area (Å²) in [6, 6.07) is 18.9. The van der Waals surface area contributed by atoms with Gasteiger partial charge in [0.1, 0.15) is 11.5 Å². The van der Waals surface area contributed by atoms with Crippen LogP contribution in [0.15, 0.2) is 60.7 Å². The molecule has 10 heteroatoms. The number of hydrogen-bond acceptors (Lipinski definition) is 4. The van der Waals surface area contributed by atoms with Crippen molar-refractivity contribution in [3.63, 3.8) is 0 Å². The van der Waals surface area contributed by atoms with Crippen LogP contribution in [0.1, 0.15) is 0 Å². The SMILES string of the molecule is CN1NP(=S)(Oc2ccccc2)NN(C)P1(=S)Oc1ccccc1. The van der Waals surface area contributed by atoms with Gasteiger partial charge in [0.05, 0.1) is 0 Å². The number of hydrazine groups is 2. The first-order chi connectivity index (χ1) is 11.4. The Balaban J connectivity index is 1.79. The van der Waals surface area contributed by atoms with Gasteiger partial charge in [-0.3, -0.25) is 0 Å². The number of para-hydroxylation sites is 2. The molecule has 128 valence electrons. The van der Waals surface area contributed by atoms with Crippen LogP contribution < -0.4 is 19.4 Å². The highest BCUT2D eigenvalue weighted by atomic mass is 32.5. The first kappa shape index (κ1) is 18.0. The van der Waals surface area contributed by atoms with E-state index in [2.05, 4.69) is 10.4 Å². The molecule has 0 bridgehead atoms. The molecule has 0 saturated carbocycles. The third-order valence-corrected chi connectivity index (χ3v) is 9.74. The molecule has 1 fully saturated rings. The molecular formula is C14H18N4O2P2S2. The third kappa shape index (κ3) is 3.87. The van der Waals surface area contributed by atoms with Crippen LogP contribution in [-0.2, 0) is 23.6 Å². The number of hydrogen-bond donors (Lipinski definition) is 2. The summed E-state index contributed by atoms with van der Waals surface area (Å²) in [6.07, 6.45) is 0. The number of nitrogens with zero attached hydrogens (tertiary/aromatic N) is 2. The zero-order valence-corrected chi connectivity index (χ0v) is 16.6. The Labute approximate surface area is 152 Å². The predicted octanol–water partition coefficient (Wildman–Crippen LogP) is 3.48. The molecule has 2 aromatic carbocycles. The Bertz CT molecular complexity index is 774. The molecule has 24 heavy (non-hydrogen) atoms. The predicted molar refractivity (Wildman–Crippen MR) is 105 cm³/mol. The smallest absolute Gasteiger partial charge is 0.280 e. The highest BCUT2D eigenvalue weighted by Gasteiger charge is 2.42.